The fourth-order valence-electron chi connectivity index (χ4n) is 5.05. The lowest BCUT2D eigenvalue weighted by molar-refractivity contribution is -0.121. The number of benzene rings is 1. The predicted molar refractivity (Wildman–Crippen MR) is 130 cm³/mol. The molecular weight excluding hydrogens is 474 g/mol. The number of hydrogen-bond acceptors (Lipinski definition) is 5. The monoisotopic (exact) mass is 503 g/mol. The van der Waals surface area contributed by atoms with Crippen LogP contribution in [0.15, 0.2) is 16.9 Å². The maximum atomic E-state index is 13.0. The third kappa shape index (κ3) is 4.96. The summed E-state index contributed by atoms with van der Waals surface area (Å²) in [7, 11) is 0. The Balaban J connectivity index is 1.49. The molecular formula is C25H30ClN3O6. The second kappa shape index (κ2) is 9.45. The predicted octanol–water partition coefficient (Wildman–Crippen LogP) is 4.20. The average Bonchev–Trinajstić information content (AvgIpc) is 3.15. The Morgan fingerprint density at radius 2 is 1.80 bits per heavy atom. The zero-order valence-corrected chi connectivity index (χ0v) is 21.0. The van der Waals surface area contributed by atoms with Crippen LogP contribution in [0.2, 0.25) is 5.02 Å². The van der Waals surface area contributed by atoms with Crippen molar-refractivity contribution in [3.05, 3.63) is 55.5 Å². The number of fused-ring (bicyclic) bond motifs is 1. The summed E-state index contributed by atoms with van der Waals surface area (Å²) in [5.41, 5.74) is 2.77. The highest BCUT2D eigenvalue weighted by Crippen LogP contribution is 2.51. The van der Waals surface area contributed by atoms with Gasteiger partial charge in [-0.15, -0.1) is 0 Å². The molecule has 4 N–H and O–H groups in total. The van der Waals surface area contributed by atoms with Crippen molar-refractivity contribution in [2.24, 2.45) is 5.92 Å². The molecule has 2 heterocycles. The minimum atomic E-state index is -1.02. The molecule has 0 saturated heterocycles. The number of aromatic nitrogens is 1. The Hall–Kier alpha value is -3.20. The summed E-state index contributed by atoms with van der Waals surface area (Å²) < 4.78 is 12.5. The van der Waals surface area contributed by atoms with E-state index < -0.39 is 11.9 Å². The van der Waals surface area contributed by atoms with Gasteiger partial charge in [-0.25, -0.2) is 4.79 Å². The van der Waals surface area contributed by atoms with Gasteiger partial charge >= 0.3 is 6.09 Å². The van der Waals surface area contributed by atoms with E-state index in [0.717, 1.165) is 24.1 Å². The molecule has 1 unspecified atom stereocenters. The van der Waals surface area contributed by atoms with Crippen LogP contribution in [0.25, 0.3) is 0 Å². The lowest BCUT2D eigenvalue weighted by Gasteiger charge is -2.37. The summed E-state index contributed by atoms with van der Waals surface area (Å²) in [5, 5.41) is 14.6. The van der Waals surface area contributed by atoms with Crippen LogP contribution in [0.3, 0.4) is 0 Å². The van der Waals surface area contributed by atoms with Crippen molar-refractivity contribution >= 4 is 23.6 Å². The summed E-state index contributed by atoms with van der Waals surface area (Å²) in [5.74, 6) is -0.471. The molecule has 1 atom stereocenters. The number of hydrogen-bond donors (Lipinski definition) is 4. The normalized spacial score (nSPS) is 23.1. The van der Waals surface area contributed by atoms with E-state index in [0.29, 0.717) is 41.0 Å². The Kier molecular flexibility index (Phi) is 6.73. The van der Waals surface area contributed by atoms with Crippen molar-refractivity contribution in [3.63, 3.8) is 0 Å². The van der Waals surface area contributed by atoms with Crippen LogP contribution in [-0.4, -0.2) is 33.9 Å². The molecule has 2 amide bonds. The van der Waals surface area contributed by atoms with Gasteiger partial charge in [0.15, 0.2) is 11.5 Å². The van der Waals surface area contributed by atoms with Gasteiger partial charge in [0.1, 0.15) is 0 Å². The first-order valence-corrected chi connectivity index (χ1v) is 12.0. The van der Waals surface area contributed by atoms with E-state index >= 15 is 0 Å². The SMILES string of the molecule is Cc1cc(C)c(CNC(=O)c2cc(Cl)c3c(c2C)OC(C)(C2CCC(NC(=O)O)CC2)O3)c(=O)[nH]1. The molecule has 1 aliphatic carbocycles. The number of nitrogens with one attached hydrogen (secondary N) is 3. The number of ether oxygens (including phenoxy) is 2. The van der Waals surface area contributed by atoms with Gasteiger partial charge in [0.2, 0.25) is 0 Å². The van der Waals surface area contributed by atoms with Gasteiger partial charge < -0.3 is 30.2 Å². The van der Waals surface area contributed by atoms with E-state index in [1.807, 2.05) is 19.9 Å². The number of rotatable bonds is 5. The van der Waals surface area contributed by atoms with Gasteiger partial charge in [-0.05, 0) is 64.2 Å². The maximum Gasteiger partial charge on any atom is 0.404 e. The summed E-state index contributed by atoms with van der Waals surface area (Å²) in [6.45, 7) is 7.35. The van der Waals surface area contributed by atoms with Crippen molar-refractivity contribution in [1.82, 2.24) is 15.6 Å². The molecule has 0 bridgehead atoms. The molecule has 9 nitrogen and oxygen atoms in total. The Morgan fingerprint density at radius 3 is 2.43 bits per heavy atom. The highest BCUT2D eigenvalue weighted by Gasteiger charge is 2.47. The standard InChI is InChI=1S/C25H30ClN3O6/c1-12-9-13(2)28-23(31)18(12)11-27-22(30)17-10-19(26)21-20(14(17)3)34-25(4,35-21)15-5-7-16(8-6-15)29-24(32)33/h9-10,15-16,29H,5-8,11H2,1-4H3,(H,27,30)(H,28,31)(H,32,33). The molecule has 0 radical (unpaired) electrons. The quantitative estimate of drug-likeness (QED) is 0.484. The number of aryl methyl sites for hydroxylation is 2. The lowest BCUT2D eigenvalue weighted by atomic mass is 9.81. The van der Waals surface area contributed by atoms with Crippen molar-refractivity contribution in [3.8, 4) is 11.5 Å². The maximum absolute atomic E-state index is 13.0. The first-order valence-electron chi connectivity index (χ1n) is 11.7. The van der Waals surface area contributed by atoms with E-state index in [9.17, 15) is 14.4 Å². The average molecular weight is 504 g/mol. The Labute approximate surface area is 208 Å². The van der Waals surface area contributed by atoms with Gasteiger partial charge in [-0.1, -0.05) is 11.6 Å². The summed E-state index contributed by atoms with van der Waals surface area (Å²) in [6, 6.07) is 3.33. The largest absolute Gasteiger partial charge is 0.465 e. The van der Waals surface area contributed by atoms with Crippen LogP contribution >= 0.6 is 11.6 Å². The number of aromatic amines is 1. The van der Waals surface area contributed by atoms with E-state index in [2.05, 4.69) is 15.6 Å². The van der Waals surface area contributed by atoms with E-state index in [1.165, 1.54) is 0 Å². The molecule has 1 aromatic heterocycles. The molecule has 10 heteroatoms. The first kappa shape index (κ1) is 24.9. The molecule has 188 valence electrons. The number of pyridine rings is 1. The van der Waals surface area contributed by atoms with E-state index in [4.69, 9.17) is 26.2 Å². The zero-order chi connectivity index (χ0) is 25.5. The number of carbonyl (C=O) groups is 2. The van der Waals surface area contributed by atoms with Crippen molar-refractivity contribution in [2.75, 3.05) is 0 Å². The molecule has 1 saturated carbocycles. The number of carbonyl (C=O) groups excluding carboxylic acids is 1. The van der Waals surface area contributed by atoms with Crippen LogP contribution in [-0.2, 0) is 6.54 Å². The smallest absolute Gasteiger partial charge is 0.404 e. The van der Waals surface area contributed by atoms with Crippen LogP contribution in [0.4, 0.5) is 4.79 Å². The third-order valence-electron chi connectivity index (χ3n) is 7.01. The molecule has 2 aliphatic rings. The number of H-pyrrole nitrogens is 1. The number of amides is 2. The van der Waals surface area contributed by atoms with Gasteiger partial charge in [0.25, 0.3) is 17.3 Å². The van der Waals surface area contributed by atoms with Gasteiger partial charge in [-0.3, -0.25) is 9.59 Å². The molecule has 35 heavy (non-hydrogen) atoms. The molecule has 1 aliphatic heterocycles. The van der Waals surface area contributed by atoms with Gasteiger partial charge in [0, 0.05) is 47.8 Å². The first-order chi connectivity index (χ1) is 16.5. The number of halogens is 1. The minimum absolute atomic E-state index is 0.0331. The van der Waals surface area contributed by atoms with Gasteiger partial charge in [0.05, 0.1) is 5.02 Å². The van der Waals surface area contributed by atoms with E-state index in [1.54, 1.807) is 19.9 Å². The van der Waals surface area contributed by atoms with Crippen molar-refractivity contribution in [2.45, 2.75) is 71.8 Å². The summed E-state index contributed by atoms with van der Waals surface area (Å²) >= 11 is 6.51. The summed E-state index contributed by atoms with van der Waals surface area (Å²) in [4.78, 5) is 39.0. The Bertz CT molecular complexity index is 1230. The number of carboxylic acid groups (broad SMARTS) is 1. The van der Waals surface area contributed by atoms with E-state index in [-0.39, 0.29) is 35.0 Å². The second-order valence-electron chi connectivity index (χ2n) is 9.53. The van der Waals surface area contributed by atoms with Crippen LogP contribution in [0.5, 0.6) is 11.5 Å². The Morgan fingerprint density at radius 1 is 1.14 bits per heavy atom. The topological polar surface area (TPSA) is 130 Å². The van der Waals surface area contributed by atoms with Crippen molar-refractivity contribution < 1.29 is 24.2 Å². The molecule has 4 rings (SSSR count). The van der Waals surface area contributed by atoms with Gasteiger partial charge in [-0.2, -0.15) is 0 Å². The second-order valence-corrected chi connectivity index (χ2v) is 9.94. The fourth-order valence-corrected chi connectivity index (χ4v) is 5.28. The molecule has 0 spiro atoms. The zero-order valence-electron chi connectivity index (χ0n) is 20.2. The summed E-state index contributed by atoms with van der Waals surface area (Å²) in [6.07, 6.45) is 1.81. The highest BCUT2D eigenvalue weighted by atomic mass is 35.5. The third-order valence-corrected chi connectivity index (χ3v) is 7.29. The molecule has 1 aromatic carbocycles. The highest BCUT2D eigenvalue weighted by molar-refractivity contribution is 6.33. The van der Waals surface area contributed by atoms with Crippen LogP contribution in [0, 0.1) is 26.7 Å². The fraction of sp³-hybridized carbons (Fsp3) is 0.480. The molecule has 1 fully saturated rings. The lowest BCUT2D eigenvalue weighted by Crippen LogP contribution is -2.47. The van der Waals surface area contributed by atoms with Crippen LogP contribution in [0.1, 0.15) is 65.3 Å². The van der Waals surface area contributed by atoms with Crippen LogP contribution < -0.4 is 25.7 Å². The molecule has 2 aromatic rings. The van der Waals surface area contributed by atoms with Crippen molar-refractivity contribution in [1.29, 1.82) is 0 Å². The minimum Gasteiger partial charge on any atom is -0.465 e.